The van der Waals surface area contributed by atoms with Crippen LogP contribution in [0.15, 0.2) is 24.3 Å². The van der Waals surface area contributed by atoms with Crippen molar-refractivity contribution in [2.24, 2.45) is 5.73 Å². The number of rotatable bonds is 2. The Labute approximate surface area is 94.2 Å². The van der Waals surface area contributed by atoms with Gasteiger partial charge in [0.05, 0.1) is 0 Å². The van der Waals surface area contributed by atoms with Crippen molar-refractivity contribution in [3.8, 4) is 0 Å². The molecule has 2 rings (SSSR count). The van der Waals surface area contributed by atoms with Gasteiger partial charge < -0.3 is 5.73 Å². The minimum absolute atomic E-state index is 0.485. The zero-order valence-electron chi connectivity index (χ0n) is 8.71. The molecule has 1 aliphatic rings. The monoisotopic (exact) mass is 225 g/mol. The van der Waals surface area contributed by atoms with Crippen LogP contribution in [0.5, 0.6) is 0 Å². The van der Waals surface area contributed by atoms with Crippen LogP contribution in [0.1, 0.15) is 24.0 Å². The van der Waals surface area contributed by atoms with E-state index in [4.69, 9.17) is 5.73 Å². The quantitative estimate of drug-likeness (QED) is 0.837. The van der Waals surface area contributed by atoms with E-state index >= 15 is 0 Å². The third-order valence-corrected chi connectivity index (χ3v) is 3.95. The van der Waals surface area contributed by atoms with Crippen LogP contribution >= 0.6 is 11.8 Å². The van der Waals surface area contributed by atoms with Crippen molar-refractivity contribution in [1.82, 2.24) is 0 Å². The highest BCUT2D eigenvalue weighted by Crippen LogP contribution is 2.39. The first kappa shape index (κ1) is 11.0. The largest absolute Gasteiger partial charge is 0.326 e. The first-order valence-corrected chi connectivity index (χ1v) is 6.46. The average molecular weight is 225 g/mol. The maximum absolute atomic E-state index is 14.6. The highest BCUT2D eigenvalue weighted by Gasteiger charge is 2.33. The standard InChI is InChI=1S/C12H16FNS/c13-12(4-6-15-7-5-12)11-3-1-2-10(8-11)9-14/h1-3,8H,4-7,9,14H2. The van der Waals surface area contributed by atoms with Gasteiger partial charge in [0.1, 0.15) is 5.67 Å². The molecule has 0 amide bonds. The smallest absolute Gasteiger partial charge is 0.137 e. The van der Waals surface area contributed by atoms with Gasteiger partial charge in [-0.15, -0.1) is 0 Å². The molecular weight excluding hydrogens is 209 g/mol. The van der Waals surface area contributed by atoms with E-state index in [1.165, 1.54) is 0 Å². The lowest BCUT2D eigenvalue weighted by Gasteiger charge is -2.29. The number of alkyl halides is 1. The lowest BCUT2D eigenvalue weighted by atomic mass is 9.89. The van der Waals surface area contributed by atoms with Crippen molar-refractivity contribution in [1.29, 1.82) is 0 Å². The van der Waals surface area contributed by atoms with Gasteiger partial charge >= 0.3 is 0 Å². The molecule has 0 aliphatic carbocycles. The lowest BCUT2D eigenvalue weighted by Crippen LogP contribution is -2.25. The van der Waals surface area contributed by atoms with Gasteiger partial charge in [-0.25, -0.2) is 4.39 Å². The van der Waals surface area contributed by atoms with Gasteiger partial charge in [-0.2, -0.15) is 11.8 Å². The second-order valence-corrected chi connectivity index (χ2v) is 5.21. The molecule has 0 unspecified atom stereocenters. The van der Waals surface area contributed by atoms with E-state index in [1.807, 2.05) is 36.0 Å². The fourth-order valence-corrected chi connectivity index (χ4v) is 3.10. The van der Waals surface area contributed by atoms with Crippen LogP contribution < -0.4 is 5.73 Å². The minimum Gasteiger partial charge on any atom is -0.326 e. The van der Waals surface area contributed by atoms with Crippen LogP contribution in [0.2, 0.25) is 0 Å². The molecule has 1 aromatic carbocycles. The molecule has 1 aromatic rings. The first-order valence-electron chi connectivity index (χ1n) is 5.31. The fraction of sp³-hybridized carbons (Fsp3) is 0.500. The summed E-state index contributed by atoms with van der Waals surface area (Å²) in [6.07, 6.45) is 1.26. The maximum atomic E-state index is 14.6. The van der Waals surface area contributed by atoms with E-state index in [0.717, 1.165) is 22.6 Å². The molecule has 0 bridgehead atoms. The number of nitrogens with two attached hydrogens (primary N) is 1. The second-order valence-electron chi connectivity index (χ2n) is 3.98. The van der Waals surface area contributed by atoms with E-state index in [1.54, 1.807) is 0 Å². The van der Waals surface area contributed by atoms with Gasteiger partial charge in [-0.05, 0) is 35.5 Å². The third-order valence-electron chi connectivity index (χ3n) is 2.97. The van der Waals surface area contributed by atoms with Gasteiger partial charge in [-0.3, -0.25) is 0 Å². The average Bonchev–Trinajstić information content (AvgIpc) is 2.30. The minimum atomic E-state index is -1.11. The van der Waals surface area contributed by atoms with Crippen LogP contribution in [-0.2, 0) is 12.2 Å². The number of thioether (sulfide) groups is 1. The third kappa shape index (κ3) is 2.34. The highest BCUT2D eigenvalue weighted by atomic mass is 32.2. The van der Waals surface area contributed by atoms with Gasteiger partial charge in [0.2, 0.25) is 0 Å². The van der Waals surface area contributed by atoms with E-state index in [-0.39, 0.29) is 0 Å². The Morgan fingerprint density at radius 3 is 2.73 bits per heavy atom. The normalized spacial score (nSPS) is 20.1. The predicted octanol–water partition coefficient (Wildman–Crippen LogP) is 2.84. The molecule has 0 atom stereocenters. The topological polar surface area (TPSA) is 26.0 Å². The molecule has 82 valence electrons. The Bertz CT molecular complexity index is 334. The SMILES string of the molecule is NCc1cccc(C2(F)CCSCC2)c1. The number of hydrogen-bond acceptors (Lipinski definition) is 2. The second kappa shape index (κ2) is 4.54. The molecule has 15 heavy (non-hydrogen) atoms. The summed E-state index contributed by atoms with van der Waals surface area (Å²) in [5.74, 6) is 1.84. The molecule has 1 fully saturated rings. The van der Waals surface area contributed by atoms with Crippen molar-refractivity contribution >= 4 is 11.8 Å². The zero-order valence-corrected chi connectivity index (χ0v) is 9.52. The van der Waals surface area contributed by atoms with Crippen molar-refractivity contribution in [3.63, 3.8) is 0 Å². The molecule has 0 saturated carbocycles. The Kier molecular flexibility index (Phi) is 3.32. The molecule has 0 spiro atoms. The van der Waals surface area contributed by atoms with Crippen LogP contribution in [0, 0.1) is 0 Å². The highest BCUT2D eigenvalue weighted by molar-refractivity contribution is 7.99. The van der Waals surface area contributed by atoms with Crippen LogP contribution in [0.4, 0.5) is 4.39 Å². The van der Waals surface area contributed by atoms with Crippen molar-refractivity contribution in [3.05, 3.63) is 35.4 Å². The van der Waals surface area contributed by atoms with E-state index < -0.39 is 5.67 Å². The predicted molar refractivity (Wildman–Crippen MR) is 63.7 cm³/mol. The molecule has 1 heterocycles. The number of halogens is 1. The molecule has 2 N–H and O–H groups in total. The first-order chi connectivity index (χ1) is 7.24. The Balaban J connectivity index is 2.26. The molecule has 1 aliphatic heterocycles. The number of benzene rings is 1. The van der Waals surface area contributed by atoms with Crippen molar-refractivity contribution in [2.45, 2.75) is 25.1 Å². The van der Waals surface area contributed by atoms with Gasteiger partial charge in [0.25, 0.3) is 0 Å². The molecule has 0 radical (unpaired) electrons. The van der Waals surface area contributed by atoms with Gasteiger partial charge in [0, 0.05) is 6.54 Å². The van der Waals surface area contributed by atoms with Gasteiger partial charge in [0.15, 0.2) is 0 Å². The summed E-state index contributed by atoms with van der Waals surface area (Å²) < 4.78 is 14.6. The van der Waals surface area contributed by atoms with E-state index in [9.17, 15) is 4.39 Å². The van der Waals surface area contributed by atoms with Crippen LogP contribution in [0.3, 0.4) is 0 Å². The molecular formula is C12H16FNS. The summed E-state index contributed by atoms with van der Waals surface area (Å²) in [6, 6.07) is 7.65. The Morgan fingerprint density at radius 1 is 1.33 bits per heavy atom. The van der Waals surface area contributed by atoms with Crippen molar-refractivity contribution in [2.75, 3.05) is 11.5 Å². The maximum Gasteiger partial charge on any atom is 0.137 e. The fourth-order valence-electron chi connectivity index (χ4n) is 1.96. The Morgan fingerprint density at radius 2 is 2.07 bits per heavy atom. The summed E-state index contributed by atoms with van der Waals surface area (Å²) >= 11 is 1.84. The zero-order chi connectivity index (χ0) is 10.7. The molecule has 1 nitrogen and oxygen atoms in total. The van der Waals surface area contributed by atoms with E-state index in [2.05, 4.69) is 0 Å². The summed E-state index contributed by atoms with van der Waals surface area (Å²) in [7, 11) is 0. The van der Waals surface area contributed by atoms with E-state index in [0.29, 0.717) is 19.4 Å². The van der Waals surface area contributed by atoms with Crippen LogP contribution in [0.25, 0.3) is 0 Å². The Hall–Kier alpha value is -0.540. The summed E-state index contributed by atoms with van der Waals surface area (Å²) in [5.41, 5.74) is 6.28. The van der Waals surface area contributed by atoms with Gasteiger partial charge in [-0.1, -0.05) is 24.3 Å². The summed E-state index contributed by atoms with van der Waals surface area (Å²) in [4.78, 5) is 0. The van der Waals surface area contributed by atoms with Crippen molar-refractivity contribution < 1.29 is 4.39 Å². The van der Waals surface area contributed by atoms with Crippen LogP contribution in [-0.4, -0.2) is 11.5 Å². The summed E-state index contributed by atoms with van der Waals surface area (Å²) in [6.45, 7) is 0.485. The molecule has 3 heteroatoms. The summed E-state index contributed by atoms with van der Waals surface area (Å²) in [5, 5.41) is 0. The molecule has 1 saturated heterocycles. The molecule has 0 aromatic heterocycles. The lowest BCUT2D eigenvalue weighted by molar-refractivity contribution is 0.151. The number of hydrogen-bond donors (Lipinski definition) is 1.